The lowest BCUT2D eigenvalue weighted by atomic mass is 9.89. The van der Waals surface area contributed by atoms with E-state index < -0.39 is 18.0 Å². The molecule has 0 heterocycles. The summed E-state index contributed by atoms with van der Waals surface area (Å²) in [6, 6.07) is 16.2. The molecule has 4 nitrogen and oxygen atoms in total. The predicted octanol–water partition coefficient (Wildman–Crippen LogP) is 3.46. The highest BCUT2D eigenvalue weighted by Gasteiger charge is 2.31. The van der Waals surface area contributed by atoms with Crippen LogP contribution in [-0.4, -0.2) is 24.3 Å². The summed E-state index contributed by atoms with van der Waals surface area (Å²) in [6.07, 6.45) is -1.23. The quantitative estimate of drug-likeness (QED) is 0.830. The molecule has 4 heteroatoms. The number of esters is 1. The van der Waals surface area contributed by atoms with Gasteiger partial charge in [0.25, 0.3) is 0 Å². The van der Waals surface area contributed by atoms with Crippen LogP contribution in [0.15, 0.2) is 54.6 Å². The first-order chi connectivity index (χ1) is 11.0. The minimum Gasteiger partial charge on any atom is -0.497 e. The maximum atomic E-state index is 12.5. The van der Waals surface area contributed by atoms with Gasteiger partial charge in [0.15, 0.2) is 0 Å². The third-order valence-corrected chi connectivity index (χ3v) is 3.54. The zero-order chi connectivity index (χ0) is 16.8. The molecule has 0 saturated heterocycles. The van der Waals surface area contributed by atoms with Gasteiger partial charge in [-0.05, 0) is 37.1 Å². The molecule has 0 bridgehead atoms. The summed E-state index contributed by atoms with van der Waals surface area (Å²) in [6.45, 7) is 3.58. The summed E-state index contributed by atoms with van der Waals surface area (Å²) in [5.74, 6) is -0.511. The highest BCUT2D eigenvalue weighted by atomic mass is 16.5. The number of methoxy groups -OCH3 is 1. The van der Waals surface area contributed by atoms with Gasteiger partial charge in [0.05, 0.1) is 19.3 Å². The molecule has 0 aliphatic heterocycles. The molecule has 2 aromatic rings. The fourth-order valence-corrected chi connectivity index (χ4v) is 2.41. The summed E-state index contributed by atoms with van der Waals surface area (Å²) >= 11 is 0. The molecule has 0 aromatic heterocycles. The number of carbonyl (C=O) groups excluding carboxylic acids is 1. The number of hydrogen-bond donors (Lipinski definition) is 1. The Bertz CT molecular complexity index is 620. The topological polar surface area (TPSA) is 55.8 Å². The second kappa shape index (κ2) is 7.79. The molecule has 0 amide bonds. The average molecular weight is 314 g/mol. The second-order valence-electron chi connectivity index (χ2n) is 5.59. The summed E-state index contributed by atoms with van der Waals surface area (Å²) in [7, 11) is 1.58. The van der Waals surface area contributed by atoms with Crippen molar-refractivity contribution in [2.75, 3.05) is 7.11 Å². The monoisotopic (exact) mass is 314 g/mol. The molecule has 2 atom stereocenters. The lowest BCUT2D eigenvalue weighted by Crippen LogP contribution is -2.25. The standard InChI is InChI=1S/C19H22O4/c1-13(2)23-19(21)17(14-7-5-4-6-8-14)18(20)15-9-11-16(22-3)12-10-15/h4-13,17-18,20H,1-3H3/t17-,18-/m0/s1. The molecule has 0 aliphatic rings. The lowest BCUT2D eigenvalue weighted by molar-refractivity contribution is -0.152. The van der Waals surface area contributed by atoms with Gasteiger partial charge in [0.1, 0.15) is 11.7 Å². The molecule has 0 saturated carbocycles. The molecule has 1 N–H and O–H groups in total. The van der Waals surface area contributed by atoms with Gasteiger partial charge in [-0.25, -0.2) is 0 Å². The van der Waals surface area contributed by atoms with Gasteiger partial charge in [-0.1, -0.05) is 42.5 Å². The number of hydrogen-bond acceptors (Lipinski definition) is 4. The van der Waals surface area contributed by atoms with Gasteiger partial charge < -0.3 is 14.6 Å². The van der Waals surface area contributed by atoms with E-state index in [0.29, 0.717) is 11.3 Å². The van der Waals surface area contributed by atoms with Crippen molar-refractivity contribution in [2.24, 2.45) is 0 Å². The minimum atomic E-state index is -0.991. The van der Waals surface area contributed by atoms with E-state index in [9.17, 15) is 9.90 Å². The first kappa shape index (κ1) is 17.0. The summed E-state index contributed by atoms with van der Waals surface area (Å²) in [4.78, 5) is 12.5. The smallest absolute Gasteiger partial charge is 0.316 e. The van der Waals surface area contributed by atoms with E-state index in [0.717, 1.165) is 5.56 Å². The van der Waals surface area contributed by atoms with Crippen molar-refractivity contribution >= 4 is 5.97 Å². The number of benzene rings is 2. The SMILES string of the molecule is COc1ccc([C@H](O)[C@@H](C(=O)OC(C)C)c2ccccc2)cc1. The number of aliphatic hydroxyl groups excluding tert-OH is 1. The molecule has 122 valence electrons. The molecule has 0 spiro atoms. The van der Waals surface area contributed by atoms with E-state index in [1.165, 1.54) is 0 Å². The van der Waals surface area contributed by atoms with Crippen molar-refractivity contribution in [1.29, 1.82) is 0 Å². The van der Waals surface area contributed by atoms with E-state index in [1.54, 1.807) is 45.2 Å². The van der Waals surface area contributed by atoms with Crippen LogP contribution >= 0.6 is 0 Å². The number of aliphatic hydroxyl groups is 1. The van der Waals surface area contributed by atoms with E-state index >= 15 is 0 Å². The van der Waals surface area contributed by atoms with Crippen LogP contribution in [0, 0.1) is 0 Å². The van der Waals surface area contributed by atoms with Gasteiger partial charge in [-0.15, -0.1) is 0 Å². The fraction of sp³-hybridized carbons (Fsp3) is 0.316. The van der Waals surface area contributed by atoms with Crippen molar-refractivity contribution in [3.8, 4) is 5.75 Å². The summed E-state index contributed by atoms with van der Waals surface area (Å²) < 4.78 is 10.5. The second-order valence-corrected chi connectivity index (χ2v) is 5.59. The number of rotatable bonds is 6. The molecule has 2 rings (SSSR count). The lowest BCUT2D eigenvalue weighted by Gasteiger charge is -2.23. The highest BCUT2D eigenvalue weighted by molar-refractivity contribution is 5.79. The summed E-state index contributed by atoms with van der Waals surface area (Å²) in [5.41, 5.74) is 1.36. The van der Waals surface area contributed by atoms with Crippen LogP contribution < -0.4 is 4.74 Å². The average Bonchev–Trinajstić information content (AvgIpc) is 2.55. The zero-order valence-electron chi connectivity index (χ0n) is 13.6. The minimum absolute atomic E-state index is 0.239. The van der Waals surface area contributed by atoms with Crippen LogP contribution in [0.5, 0.6) is 5.75 Å². The fourth-order valence-electron chi connectivity index (χ4n) is 2.41. The van der Waals surface area contributed by atoms with E-state index in [2.05, 4.69) is 0 Å². The van der Waals surface area contributed by atoms with Crippen LogP contribution in [0.25, 0.3) is 0 Å². The molecule has 0 fully saturated rings. The van der Waals surface area contributed by atoms with Crippen molar-refractivity contribution in [2.45, 2.75) is 32.0 Å². The molecule has 0 radical (unpaired) electrons. The molecular weight excluding hydrogens is 292 g/mol. The molecule has 0 unspecified atom stereocenters. The van der Waals surface area contributed by atoms with E-state index in [-0.39, 0.29) is 6.10 Å². The maximum Gasteiger partial charge on any atom is 0.316 e. The first-order valence-corrected chi connectivity index (χ1v) is 7.60. The highest BCUT2D eigenvalue weighted by Crippen LogP contribution is 2.33. The number of carbonyl (C=O) groups is 1. The van der Waals surface area contributed by atoms with Crippen LogP contribution in [0.2, 0.25) is 0 Å². The zero-order valence-corrected chi connectivity index (χ0v) is 13.6. The van der Waals surface area contributed by atoms with Gasteiger partial charge in [-0.2, -0.15) is 0 Å². The van der Waals surface area contributed by atoms with Crippen molar-refractivity contribution < 1.29 is 19.4 Å². The molecule has 0 aliphatic carbocycles. The first-order valence-electron chi connectivity index (χ1n) is 7.60. The van der Waals surface area contributed by atoms with Crippen LogP contribution in [0.3, 0.4) is 0 Å². The van der Waals surface area contributed by atoms with Crippen molar-refractivity contribution in [1.82, 2.24) is 0 Å². The Balaban J connectivity index is 2.33. The van der Waals surface area contributed by atoms with Crippen molar-refractivity contribution in [3.63, 3.8) is 0 Å². The van der Waals surface area contributed by atoms with E-state index in [4.69, 9.17) is 9.47 Å². The normalized spacial score (nSPS) is 13.4. The molecule has 23 heavy (non-hydrogen) atoms. The van der Waals surface area contributed by atoms with Gasteiger partial charge in [0.2, 0.25) is 0 Å². The Kier molecular flexibility index (Phi) is 5.77. The van der Waals surface area contributed by atoms with E-state index in [1.807, 2.05) is 30.3 Å². The molecule has 2 aromatic carbocycles. The van der Waals surface area contributed by atoms with Crippen LogP contribution in [-0.2, 0) is 9.53 Å². The van der Waals surface area contributed by atoms with Gasteiger partial charge in [0, 0.05) is 0 Å². The third kappa shape index (κ3) is 4.33. The van der Waals surface area contributed by atoms with Crippen molar-refractivity contribution in [3.05, 3.63) is 65.7 Å². The molecular formula is C19H22O4. The predicted molar refractivity (Wildman–Crippen MR) is 88.4 cm³/mol. The van der Waals surface area contributed by atoms with Gasteiger partial charge >= 0.3 is 5.97 Å². The van der Waals surface area contributed by atoms with Gasteiger partial charge in [-0.3, -0.25) is 4.79 Å². The Labute approximate surface area is 136 Å². The van der Waals surface area contributed by atoms with Crippen LogP contribution in [0.1, 0.15) is 37.0 Å². The summed E-state index contributed by atoms with van der Waals surface area (Å²) in [5, 5.41) is 10.7. The number of ether oxygens (including phenoxy) is 2. The maximum absolute atomic E-state index is 12.5. The Morgan fingerprint density at radius 2 is 1.57 bits per heavy atom. The largest absolute Gasteiger partial charge is 0.497 e. The third-order valence-electron chi connectivity index (χ3n) is 3.54. The Morgan fingerprint density at radius 1 is 0.957 bits per heavy atom. The Morgan fingerprint density at radius 3 is 2.09 bits per heavy atom. The van der Waals surface area contributed by atoms with Crippen LogP contribution in [0.4, 0.5) is 0 Å². The Hall–Kier alpha value is -2.33.